The van der Waals surface area contributed by atoms with Crippen LogP contribution in [-0.4, -0.2) is 131 Å². The molecule has 31 heteroatoms. The number of aromatic nitrogens is 8. The lowest BCUT2D eigenvalue weighted by molar-refractivity contribution is 0.0911. The number of nitrogen functional groups attached to an aromatic ring is 4. The van der Waals surface area contributed by atoms with Crippen LogP contribution in [0.3, 0.4) is 0 Å². The third kappa shape index (κ3) is 22.8. The van der Waals surface area contributed by atoms with Crippen LogP contribution in [0.5, 0.6) is 0 Å². The van der Waals surface area contributed by atoms with Crippen molar-refractivity contribution < 1.29 is 43.5 Å². The van der Waals surface area contributed by atoms with Gasteiger partial charge in [0.1, 0.15) is 68.3 Å². The average molecular weight is 1790 g/mol. The molecule has 2 saturated carbocycles. The number of benzene rings is 8. The van der Waals surface area contributed by atoms with Crippen molar-refractivity contribution in [1.29, 1.82) is 0 Å². The zero-order valence-electron chi connectivity index (χ0n) is 75.7. The molecule has 4 aromatic heterocycles. The maximum Gasteiger partial charge on any atom is 0.257 e. The number of rotatable bonds is 27. The van der Waals surface area contributed by atoms with Gasteiger partial charge in [0.2, 0.25) is 0 Å². The molecular formula is C101H120N22O9. The molecule has 1 unspecified atom stereocenters. The van der Waals surface area contributed by atoms with Crippen LogP contribution in [0.4, 0.5) is 23.3 Å². The molecule has 3 atom stereocenters. The lowest BCUT2D eigenvalue weighted by atomic mass is 9.96. The molecular weight excluding hydrogens is 1670 g/mol. The topological polar surface area (TPSA) is 494 Å². The zero-order chi connectivity index (χ0) is 93.8. The number of piperidine rings is 2. The highest BCUT2D eigenvalue weighted by Gasteiger charge is 2.33. The van der Waals surface area contributed by atoms with E-state index >= 15 is 0 Å². The van der Waals surface area contributed by atoms with Crippen molar-refractivity contribution in [1.82, 2.24) is 76.3 Å². The van der Waals surface area contributed by atoms with Gasteiger partial charge in [-0.1, -0.05) is 183 Å². The summed E-state index contributed by atoms with van der Waals surface area (Å²) < 4.78 is 6.96. The highest BCUT2D eigenvalue weighted by atomic mass is 16.3. The van der Waals surface area contributed by atoms with Crippen molar-refractivity contribution in [2.75, 3.05) is 62.8 Å². The van der Waals surface area contributed by atoms with E-state index in [-0.39, 0.29) is 64.9 Å². The number of carbonyl (C=O) groups is 8. The first-order chi connectivity index (χ1) is 63.7. The molecule has 6 heterocycles. The number of primary amides is 3. The lowest BCUT2D eigenvalue weighted by Gasteiger charge is -2.22. The monoisotopic (exact) mass is 1780 g/mol. The molecule has 8 aromatic carbocycles. The highest BCUT2D eigenvalue weighted by Crippen LogP contribution is 2.40. The summed E-state index contributed by atoms with van der Waals surface area (Å²) in [5.41, 5.74) is 59.0. The zero-order valence-corrected chi connectivity index (χ0v) is 75.7. The van der Waals surface area contributed by atoms with Gasteiger partial charge >= 0.3 is 0 Å². The minimum absolute atomic E-state index is 0.0999. The van der Waals surface area contributed by atoms with Gasteiger partial charge in [0.15, 0.2) is 0 Å². The molecule has 4 fully saturated rings. The first-order valence-corrected chi connectivity index (χ1v) is 45.1. The number of hydrogen-bond donors (Lipinski definition) is 15. The summed E-state index contributed by atoms with van der Waals surface area (Å²) in [5, 5.41) is 50.0. The molecule has 8 amide bonds. The standard InChI is InChI=1S/C26H31N5O3.2C25H30N6O2.C25H29N5O2/c1-15-7-3-6-10-20(15)26(34)29-21(14-32)19-12-11-17(13-16(19)2)23-22(25(28)33)24(27)31(30-23)18-8-4-5-9-18;2*1-16-5-2-3-7-20(16)25(33)29-14-17-8-10-19(11-9-17)22-21(24(27)32)23(26)31(30-22)15-18-6-4-12-28-13-18;1-16-7-3-6-10-20(16)24(31)28-15-17-11-13-18(14-12-17)22-21(25(32)27-2)23(26)30(29-22)19-8-4-5-9-19/h3,6-7,10-13,18,21,32H,4-5,8-9,14,27H2,1-2H3,(H2,28,33)(H,29,34);2*2-3,5,7-11,18,28H,4,6,12-15,26H2,1H3,(H2,27,32)(H,29,33);3,6-7,10-14,19H,4-5,8-9,15,26H2,1-2H3,(H,27,32)(H,28,31)/t;2*18-;/m.10./s1. The van der Waals surface area contributed by atoms with E-state index in [1.165, 1.54) is 0 Å². The maximum absolute atomic E-state index is 12.8. The molecule has 4 aliphatic rings. The van der Waals surface area contributed by atoms with Gasteiger partial charge in [0, 0.05) is 84.3 Å². The highest BCUT2D eigenvalue weighted by molar-refractivity contribution is 6.06. The summed E-state index contributed by atoms with van der Waals surface area (Å²) in [6, 6.07) is 57.9. The first-order valence-electron chi connectivity index (χ1n) is 45.1. The minimum atomic E-state index is -0.614. The lowest BCUT2D eigenvalue weighted by Crippen LogP contribution is -2.32. The third-order valence-corrected chi connectivity index (χ3v) is 25.1. The van der Waals surface area contributed by atoms with Gasteiger partial charge in [-0.2, -0.15) is 20.4 Å². The Morgan fingerprint density at radius 2 is 0.712 bits per heavy atom. The van der Waals surface area contributed by atoms with Crippen LogP contribution >= 0.6 is 0 Å². The van der Waals surface area contributed by atoms with Crippen LogP contribution in [-0.2, 0) is 32.7 Å². The number of aryl methyl sites for hydroxylation is 5. The molecule has 31 nitrogen and oxygen atoms in total. The maximum atomic E-state index is 12.8. The Hall–Kier alpha value is -14.6. The third-order valence-electron chi connectivity index (χ3n) is 25.1. The molecule has 0 spiro atoms. The predicted molar refractivity (Wildman–Crippen MR) is 514 cm³/mol. The van der Waals surface area contributed by atoms with E-state index in [1.54, 1.807) is 27.2 Å². The van der Waals surface area contributed by atoms with Crippen LogP contribution in [0.25, 0.3) is 45.0 Å². The molecule has 688 valence electrons. The van der Waals surface area contributed by atoms with Crippen molar-refractivity contribution >= 4 is 70.5 Å². The molecule has 132 heavy (non-hydrogen) atoms. The summed E-state index contributed by atoms with van der Waals surface area (Å²) in [7, 11) is 1.60. The van der Waals surface area contributed by atoms with E-state index in [0.29, 0.717) is 124 Å². The van der Waals surface area contributed by atoms with Crippen molar-refractivity contribution in [2.45, 2.75) is 163 Å². The van der Waals surface area contributed by atoms with E-state index in [2.05, 4.69) is 52.5 Å². The summed E-state index contributed by atoms with van der Waals surface area (Å²) in [6.45, 7) is 15.6. The second-order valence-electron chi connectivity index (χ2n) is 34.3. The van der Waals surface area contributed by atoms with Gasteiger partial charge in [0.25, 0.3) is 47.3 Å². The van der Waals surface area contributed by atoms with Gasteiger partial charge in [-0.05, 0) is 204 Å². The van der Waals surface area contributed by atoms with Crippen molar-refractivity contribution in [3.05, 3.63) is 283 Å². The van der Waals surface area contributed by atoms with E-state index in [4.69, 9.17) is 45.2 Å². The van der Waals surface area contributed by atoms with Gasteiger partial charge < -0.3 is 82.5 Å². The van der Waals surface area contributed by atoms with Crippen LogP contribution in [0.15, 0.2) is 188 Å². The molecule has 0 radical (unpaired) electrons. The average Bonchev–Trinajstić information content (AvgIpc) is 1.61. The van der Waals surface area contributed by atoms with Gasteiger partial charge in [0.05, 0.1) is 24.7 Å². The number of nitrogens with zero attached hydrogens (tertiary/aromatic N) is 8. The van der Waals surface area contributed by atoms with Gasteiger partial charge in [-0.3, -0.25) is 38.4 Å². The Labute approximate surface area is 768 Å². The molecule has 2 aliphatic carbocycles. The number of aliphatic hydroxyl groups excluding tert-OH is 1. The van der Waals surface area contributed by atoms with E-state index in [1.807, 2.05) is 221 Å². The number of anilines is 4. The quantitative estimate of drug-likeness (QED) is 0.0227. The number of hydrogen-bond acceptors (Lipinski definition) is 19. The molecule has 22 N–H and O–H groups in total. The van der Waals surface area contributed by atoms with E-state index in [0.717, 1.165) is 170 Å². The number of nitrogens with one attached hydrogen (secondary N) is 7. The number of aliphatic hydroxyl groups is 1. The Morgan fingerprint density at radius 3 is 1.04 bits per heavy atom. The number of nitrogens with two attached hydrogens (primary N) is 7. The van der Waals surface area contributed by atoms with Crippen LogP contribution < -0.4 is 77.4 Å². The Balaban J connectivity index is 0.000000150. The molecule has 12 aromatic rings. The summed E-state index contributed by atoms with van der Waals surface area (Å²) >= 11 is 0. The summed E-state index contributed by atoms with van der Waals surface area (Å²) in [5.74, 6) is -0.470. The Kier molecular flexibility index (Phi) is 31.8. The number of carbonyl (C=O) groups excluding carboxylic acids is 8. The van der Waals surface area contributed by atoms with Crippen LogP contribution in [0.1, 0.15) is 228 Å². The largest absolute Gasteiger partial charge is 0.394 e. The Bertz CT molecular complexity index is 5940. The van der Waals surface area contributed by atoms with Crippen LogP contribution in [0, 0.1) is 46.5 Å². The predicted octanol–water partition coefficient (Wildman–Crippen LogP) is 12.2. The van der Waals surface area contributed by atoms with Crippen molar-refractivity contribution in [2.24, 2.45) is 29.0 Å². The van der Waals surface area contributed by atoms with Gasteiger partial charge in [-0.25, -0.2) is 18.7 Å². The fourth-order valence-electron chi connectivity index (χ4n) is 17.7. The fourth-order valence-corrected chi connectivity index (χ4v) is 17.7. The van der Waals surface area contributed by atoms with E-state index < -0.39 is 23.8 Å². The second kappa shape index (κ2) is 44.2. The van der Waals surface area contributed by atoms with Crippen molar-refractivity contribution in [3.8, 4) is 45.0 Å². The van der Waals surface area contributed by atoms with Crippen molar-refractivity contribution in [3.63, 3.8) is 0 Å². The smallest absolute Gasteiger partial charge is 0.257 e. The number of amides is 8. The second-order valence-corrected chi connectivity index (χ2v) is 34.3. The minimum Gasteiger partial charge on any atom is -0.394 e. The molecule has 0 bridgehead atoms. The fraction of sp³-hybridized carbons (Fsp3) is 0.327. The van der Waals surface area contributed by atoms with Crippen LogP contribution in [0.2, 0.25) is 0 Å². The van der Waals surface area contributed by atoms with E-state index in [9.17, 15) is 43.5 Å². The summed E-state index contributed by atoms with van der Waals surface area (Å²) in [4.78, 5) is 99.3. The SMILES string of the molecule is CNC(=O)c1c(-c2ccc(CNC(=O)c3ccccc3C)cc2)nn(C2CCCC2)c1N.Cc1ccccc1C(=O)NC(CO)c1ccc(-c2nn(C3CCCC3)c(N)c2C(N)=O)cc1C.Cc1ccccc1C(=O)NCc1ccc(-c2nn(C[C@@H]3CCCNC3)c(N)c2C(N)=O)cc1.Cc1ccccc1C(=O)NCc1ccc(-c2nn(C[C@H]3CCCNC3)c(N)c2C(N)=O)cc1. The van der Waals surface area contributed by atoms with Gasteiger partial charge in [-0.15, -0.1) is 0 Å². The Morgan fingerprint density at radius 1 is 0.386 bits per heavy atom. The normalized spacial score (nSPS) is 15.1. The molecule has 16 rings (SSSR count). The first kappa shape index (κ1) is 95.0. The molecule has 2 aliphatic heterocycles. The summed E-state index contributed by atoms with van der Waals surface area (Å²) in [6.07, 6.45) is 12.9. The molecule has 2 saturated heterocycles.